The molecule has 0 aliphatic carbocycles. The van der Waals surface area contributed by atoms with Gasteiger partial charge >= 0.3 is 0 Å². The lowest BCUT2D eigenvalue weighted by atomic mass is 10.1. The summed E-state index contributed by atoms with van der Waals surface area (Å²) < 4.78 is 25.8. The van der Waals surface area contributed by atoms with Crippen LogP contribution in [0.2, 0.25) is 0 Å². The van der Waals surface area contributed by atoms with Crippen molar-refractivity contribution in [1.29, 1.82) is 0 Å². The number of rotatable bonds is 6. The zero-order valence-electron chi connectivity index (χ0n) is 18.4. The van der Waals surface area contributed by atoms with Gasteiger partial charge in [-0.25, -0.2) is 4.39 Å². The van der Waals surface area contributed by atoms with E-state index in [4.69, 9.17) is 9.47 Å². The number of hydrazone groups is 1. The smallest absolute Gasteiger partial charge is 0.283 e. The summed E-state index contributed by atoms with van der Waals surface area (Å²) >= 11 is 3.47. The molecule has 0 atom stereocenters. The van der Waals surface area contributed by atoms with Crippen LogP contribution in [-0.2, 0) is 11.4 Å². The summed E-state index contributed by atoms with van der Waals surface area (Å²) in [5, 5.41) is 5.03. The third-order valence-electron chi connectivity index (χ3n) is 5.17. The lowest BCUT2D eigenvalue weighted by Gasteiger charge is -2.14. The molecule has 1 heterocycles. The van der Waals surface area contributed by atoms with Gasteiger partial charge in [0.15, 0.2) is 11.5 Å². The van der Waals surface area contributed by atoms with Gasteiger partial charge in [-0.3, -0.25) is 9.59 Å². The Balaban J connectivity index is 1.59. The molecule has 1 aliphatic rings. The molecule has 0 bridgehead atoms. The molecule has 3 aromatic rings. The molecule has 172 valence electrons. The third-order valence-corrected chi connectivity index (χ3v) is 5.76. The number of hydrogen-bond acceptors (Lipinski definition) is 5. The molecule has 34 heavy (non-hydrogen) atoms. The number of carbonyl (C=O) groups excluding carboxylic acids is 2. The van der Waals surface area contributed by atoms with Crippen LogP contribution in [0.3, 0.4) is 0 Å². The minimum atomic E-state index is -0.513. The standard InChI is InChI=1S/C26H20BrFN2O4/c1-16-20(26(32)30(29-16)25(31)18-8-4-3-5-9-18)12-17-13-21(27)24(23(14-17)33-2)34-15-19-10-6-7-11-22(19)28/h3-14H,15H2,1-2H3/b20-12+. The molecule has 0 N–H and O–H groups in total. The highest BCUT2D eigenvalue weighted by molar-refractivity contribution is 9.10. The summed E-state index contributed by atoms with van der Waals surface area (Å²) in [7, 11) is 1.49. The molecule has 0 unspecified atom stereocenters. The molecule has 1 aliphatic heterocycles. The Labute approximate surface area is 204 Å². The molecular weight excluding hydrogens is 503 g/mol. The molecule has 6 nitrogen and oxygen atoms in total. The Morgan fingerprint density at radius 1 is 1.12 bits per heavy atom. The van der Waals surface area contributed by atoms with E-state index in [2.05, 4.69) is 21.0 Å². The van der Waals surface area contributed by atoms with Crippen molar-refractivity contribution in [2.24, 2.45) is 5.10 Å². The van der Waals surface area contributed by atoms with Crippen molar-refractivity contribution in [2.45, 2.75) is 13.5 Å². The van der Waals surface area contributed by atoms with Gasteiger partial charge in [0.25, 0.3) is 11.8 Å². The fraction of sp³-hybridized carbons (Fsp3) is 0.115. The van der Waals surface area contributed by atoms with Crippen molar-refractivity contribution >= 4 is 39.5 Å². The van der Waals surface area contributed by atoms with E-state index in [9.17, 15) is 14.0 Å². The number of hydrogen-bond donors (Lipinski definition) is 0. The van der Waals surface area contributed by atoms with Gasteiger partial charge in [-0.05, 0) is 64.8 Å². The van der Waals surface area contributed by atoms with Gasteiger partial charge < -0.3 is 9.47 Å². The van der Waals surface area contributed by atoms with E-state index in [0.29, 0.717) is 43.9 Å². The van der Waals surface area contributed by atoms with Crippen LogP contribution >= 0.6 is 15.9 Å². The van der Waals surface area contributed by atoms with Gasteiger partial charge in [0.1, 0.15) is 12.4 Å². The Morgan fingerprint density at radius 3 is 2.53 bits per heavy atom. The van der Waals surface area contributed by atoms with Crippen molar-refractivity contribution < 1.29 is 23.5 Å². The number of ether oxygens (including phenoxy) is 2. The number of benzene rings is 3. The maximum Gasteiger partial charge on any atom is 0.283 e. The van der Waals surface area contributed by atoms with Crippen molar-refractivity contribution in [3.05, 3.63) is 99.3 Å². The highest BCUT2D eigenvalue weighted by Crippen LogP contribution is 2.38. The molecule has 0 saturated carbocycles. The largest absolute Gasteiger partial charge is 0.493 e. The lowest BCUT2D eigenvalue weighted by Crippen LogP contribution is -2.29. The number of imide groups is 1. The van der Waals surface area contributed by atoms with Crippen LogP contribution in [0.5, 0.6) is 11.5 Å². The van der Waals surface area contributed by atoms with E-state index in [1.807, 2.05) is 0 Å². The molecule has 4 rings (SSSR count). The minimum absolute atomic E-state index is 0.0167. The van der Waals surface area contributed by atoms with E-state index >= 15 is 0 Å². The van der Waals surface area contributed by atoms with Crippen molar-refractivity contribution in [3.63, 3.8) is 0 Å². The van der Waals surface area contributed by atoms with Crippen LogP contribution in [0.1, 0.15) is 28.4 Å². The summed E-state index contributed by atoms with van der Waals surface area (Å²) in [5.41, 5.74) is 2.13. The van der Waals surface area contributed by atoms with E-state index in [0.717, 1.165) is 5.01 Å². The highest BCUT2D eigenvalue weighted by Gasteiger charge is 2.33. The van der Waals surface area contributed by atoms with Gasteiger partial charge in [-0.15, -0.1) is 0 Å². The second-order valence-corrected chi connectivity index (χ2v) is 8.30. The number of nitrogens with zero attached hydrogens (tertiary/aromatic N) is 2. The first kappa shape index (κ1) is 23.4. The number of carbonyl (C=O) groups is 2. The molecule has 8 heteroatoms. The van der Waals surface area contributed by atoms with Crippen LogP contribution in [-0.4, -0.2) is 29.6 Å². The Hall–Kier alpha value is -3.78. The van der Waals surface area contributed by atoms with E-state index in [1.54, 1.807) is 73.7 Å². The maximum atomic E-state index is 13.9. The van der Waals surface area contributed by atoms with Crippen LogP contribution in [0, 0.1) is 5.82 Å². The molecule has 3 aromatic carbocycles. The van der Waals surface area contributed by atoms with Crippen LogP contribution in [0.25, 0.3) is 6.08 Å². The predicted octanol–water partition coefficient (Wildman–Crippen LogP) is 5.62. The quantitative estimate of drug-likeness (QED) is 0.311. The van der Waals surface area contributed by atoms with E-state index in [-0.39, 0.29) is 12.4 Å². The van der Waals surface area contributed by atoms with E-state index < -0.39 is 11.8 Å². The van der Waals surface area contributed by atoms with Crippen molar-refractivity contribution in [3.8, 4) is 11.5 Å². The summed E-state index contributed by atoms with van der Waals surface area (Å²) in [6, 6.07) is 18.3. The minimum Gasteiger partial charge on any atom is -0.493 e. The fourth-order valence-electron chi connectivity index (χ4n) is 3.42. The summed E-state index contributed by atoms with van der Waals surface area (Å²) in [6.07, 6.45) is 1.63. The molecule has 0 spiro atoms. The maximum absolute atomic E-state index is 13.9. The SMILES string of the molecule is COc1cc(/C=C2/C(=O)N(C(=O)c3ccccc3)N=C2C)cc(Br)c1OCc1ccccc1F. The lowest BCUT2D eigenvalue weighted by molar-refractivity contribution is -0.123. The van der Waals surface area contributed by atoms with Crippen molar-refractivity contribution in [2.75, 3.05) is 7.11 Å². The van der Waals surface area contributed by atoms with Gasteiger partial charge in [0, 0.05) is 11.1 Å². The normalized spacial score (nSPS) is 14.4. The molecular formula is C26H20BrFN2O4. The Morgan fingerprint density at radius 2 is 1.82 bits per heavy atom. The number of amides is 2. The first-order chi connectivity index (χ1) is 16.4. The van der Waals surface area contributed by atoms with Crippen LogP contribution < -0.4 is 9.47 Å². The van der Waals surface area contributed by atoms with E-state index in [1.165, 1.54) is 13.2 Å². The average molecular weight is 523 g/mol. The predicted molar refractivity (Wildman–Crippen MR) is 130 cm³/mol. The summed E-state index contributed by atoms with van der Waals surface area (Å²) in [4.78, 5) is 25.7. The first-order valence-electron chi connectivity index (χ1n) is 10.3. The van der Waals surface area contributed by atoms with Gasteiger partial charge in [0.05, 0.1) is 22.9 Å². The average Bonchev–Trinajstić information content (AvgIpc) is 3.12. The van der Waals surface area contributed by atoms with Crippen LogP contribution in [0.15, 0.2) is 81.9 Å². The third kappa shape index (κ3) is 4.77. The molecule has 0 radical (unpaired) electrons. The first-order valence-corrected chi connectivity index (χ1v) is 11.1. The number of methoxy groups -OCH3 is 1. The highest BCUT2D eigenvalue weighted by atomic mass is 79.9. The molecule has 0 aromatic heterocycles. The molecule has 0 saturated heterocycles. The zero-order chi connectivity index (χ0) is 24.2. The van der Waals surface area contributed by atoms with Gasteiger partial charge in [-0.2, -0.15) is 10.1 Å². The van der Waals surface area contributed by atoms with Gasteiger partial charge in [-0.1, -0.05) is 36.4 Å². The Bertz CT molecular complexity index is 1320. The number of halogens is 2. The Kier molecular flexibility index (Phi) is 6.88. The van der Waals surface area contributed by atoms with Gasteiger partial charge in [0.2, 0.25) is 0 Å². The zero-order valence-corrected chi connectivity index (χ0v) is 20.0. The molecule has 0 fully saturated rings. The summed E-state index contributed by atoms with van der Waals surface area (Å²) in [6.45, 7) is 1.68. The second-order valence-electron chi connectivity index (χ2n) is 7.45. The summed E-state index contributed by atoms with van der Waals surface area (Å²) in [5.74, 6) is -0.569. The fourth-order valence-corrected chi connectivity index (χ4v) is 3.99. The van der Waals surface area contributed by atoms with Crippen molar-refractivity contribution in [1.82, 2.24) is 5.01 Å². The second kappa shape index (κ2) is 10.0. The van der Waals surface area contributed by atoms with Crippen LogP contribution in [0.4, 0.5) is 4.39 Å². The topological polar surface area (TPSA) is 68.2 Å². The molecule has 2 amide bonds. The monoisotopic (exact) mass is 522 g/mol.